The molecule has 0 spiro atoms. The maximum atomic E-state index is 11.2. The fourth-order valence-corrected chi connectivity index (χ4v) is 1.01. The number of carboxylic acid groups (broad SMARTS) is 1. The van der Waals surface area contributed by atoms with Crippen molar-refractivity contribution in [1.82, 2.24) is 5.32 Å². The van der Waals surface area contributed by atoms with E-state index in [0.29, 0.717) is 12.2 Å². The Morgan fingerprint density at radius 3 is 2.43 bits per heavy atom. The van der Waals surface area contributed by atoms with Crippen LogP contribution < -0.4 is 11.1 Å². The Balaban J connectivity index is 4.08. The van der Waals surface area contributed by atoms with E-state index in [2.05, 4.69) is 17.9 Å². The van der Waals surface area contributed by atoms with Gasteiger partial charge in [0, 0.05) is 0 Å². The quantitative estimate of drug-likeness (QED) is 0.340. The highest BCUT2D eigenvalue weighted by Gasteiger charge is 2.21. The van der Waals surface area contributed by atoms with Crippen LogP contribution in [-0.4, -0.2) is 46.5 Å². The van der Waals surface area contributed by atoms with Gasteiger partial charge in [-0.15, -0.1) is 0 Å². The second-order valence-electron chi connectivity index (χ2n) is 2.70. The van der Waals surface area contributed by atoms with E-state index < -0.39 is 30.6 Å². The second kappa shape index (κ2) is 6.63. The van der Waals surface area contributed by atoms with Gasteiger partial charge in [0.05, 0.1) is 12.6 Å². The van der Waals surface area contributed by atoms with Gasteiger partial charge in [-0.3, -0.25) is 4.79 Å². The third-order valence-electron chi connectivity index (χ3n) is 1.57. The summed E-state index contributed by atoms with van der Waals surface area (Å²) in [5.41, 5.74) is 5.40. The summed E-state index contributed by atoms with van der Waals surface area (Å²) in [6.45, 7) is -0.658. The molecule has 0 aromatic heterocycles. The maximum absolute atomic E-state index is 11.2. The number of carbonyl (C=O) groups is 2. The first-order chi connectivity index (χ1) is 6.52. The molecule has 0 aromatic carbocycles. The summed E-state index contributed by atoms with van der Waals surface area (Å²) in [4.78, 5) is 21.6. The zero-order valence-corrected chi connectivity index (χ0v) is 8.41. The molecule has 82 valence electrons. The number of carbonyl (C=O) groups excluding carboxylic acids is 1. The smallest absolute Gasteiger partial charge is 0.328 e. The van der Waals surface area contributed by atoms with Crippen molar-refractivity contribution in [2.45, 2.75) is 18.5 Å². The van der Waals surface area contributed by atoms with Crippen molar-refractivity contribution in [2.24, 2.45) is 5.73 Å². The monoisotopic (exact) mass is 222 g/mol. The van der Waals surface area contributed by atoms with E-state index in [1.54, 1.807) is 0 Å². The minimum atomic E-state index is -1.30. The van der Waals surface area contributed by atoms with Gasteiger partial charge in [-0.05, 0) is 12.2 Å². The largest absolute Gasteiger partial charge is 0.480 e. The van der Waals surface area contributed by atoms with Gasteiger partial charge in [-0.25, -0.2) is 4.79 Å². The Morgan fingerprint density at radius 1 is 1.50 bits per heavy atom. The zero-order valence-electron chi connectivity index (χ0n) is 7.51. The van der Waals surface area contributed by atoms with Crippen LogP contribution >= 0.6 is 12.6 Å². The number of carboxylic acids is 1. The van der Waals surface area contributed by atoms with E-state index in [4.69, 9.17) is 15.9 Å². The lowest BCUT2D eigenvalue weighted by Crippen LogP contribution is -2.50. The van der Waals surface area contributed by atoms with E-state index >= 15 is 0 Å². The number of aliphatic hydroxyl groups excluding tert-OH is 1. The predicted octanol–water partition coefficient (Wildman–Crippen LogP) is -1.80. The molecule has 0 radical (unpaired) electrons. The third-order valence-corrected chi connectivity index (χ3v) is 1.83. The molecule has 0 aliphatic rings. The Labute approximate surface area is 86.9 Å². The number of nitrogens with one attached hydrogen (secondary N) is 1. The van der Waals surface area contributed by atoms with Gasteiger partial charge in [0.2, 0.25) is 5.91 Å². The summed E-state index contributed by atoms with van der Waals surface area (Å²) in [6.07, 6.45) is 0.354. The van der Waals surface area contributed by atoms with Crippen LogP contribution in [-0.2, 0) is 9.59 Å². The van der Waals surface area contributed by atoms with Crippen LogP contribution in [0.2, 0.25) is 0 Å². The molecule has 0 aliphatic carbocycles. The van der Waals surface area contributed by atoms with Crippen molar-refractivity contribution in [1.29, 1.82) is 0 Å². The average molecular weight is 222 g/mol. The van der Waals surface area contributed by atoms with Crippen molar-refractivity contribution >= 4 is 24.5 Å². The number of nitrogens with two attached hydrogens (primary N) is 1. The number of hydrogen-bond acceptors (Lipinski definition) is 5. The summed E-state index contributed by atoms with van der Waals surface area (Å²) in [5.74, 6) is -1.45. The number of thiol groups is 1. The molecule has 1 amide bonds. The molecule has 0 unspecified atom stereocenters. The van der Waals surface area contributed by atoms with Gasteiger partial charge < -0.3 is 21.3 Å². The van der Waals surface area contributed by atoms with Gasteiger partial charge in [-0.1, -0.05) is 0 Å². The number of aliphatic carboxylic acids is 1. The molecule has 7 heteroatoms. The summed E-state index contributed by atoms with van der Waals surface area (Å²) in [6, 6.07) is -2.09. The van der Waals surface area contributed by atoms with Crippen molar-refractivity contribution in [3.05, 3.63) is 0 Å². The predicted molar refractivity (Wildman–Crippen MR) is 53.1 cm³/mol. The number of aliphatic hydroxyl groups is 1. The Morgan fingerprint density at radius 2 is 2.07 bits per heavy atom. The van der Waals surface area contributed by atoms with Crippen LogP contribution in [0.4, 0.5) is 0 Å². The molecule has 5 N–H and O–H groups in total. The maximum Gasteiger partial charge on any atom is 0.328 e. The minimum Gasteiger partial charge on any atom is -0.480 e. The van der Waals surface area contributed by atoms with Crippen LogP contribution in [0.15, 0.2) is 0 Å². The molecular formula is C7H14N2O4S. The van der Waals surface area contributed by atoms with E-state index in [9.17, 15) is 9.59 Å². The van der Waals surface area contributed by atoms with E-state index in [0.717, 1.165) is 0 Å². The normalized spacial score (nSPS) is 14.5. The van der Waals surface area contributed by atoms with Crippen molar-refractivity contribution in [2.75, 3.05) is 12.4 Å². The third kappa shape index (κ3) is 4.45. The van der Waals surface area contributed by atoms with E-state index in [1.807, 2.05) is 0 Å². The van der Waals surface area contributed by atoms with Crippen molar-refractivity contribution in [3.63, 3.8) is 0 Å². The molecule has 0 saturated heterocycles. The molecular weight excluding hydrogens is 208 g/mol. The Kier molecular flexibility index (Phi) is 6.26. The molecule has 0 aromatic rings. The Bertz CT molecular complexity index is 212. The minimum absolute atomic E-state index is 0.354. The van der Waals surface area contributed by atoms with Crippen LogP contribution in [0.3, 0.4) is 0 Å². The SMILES string of the molecule is N[C@@H](CCS)C(=O)N[C@@H](CO)C(=O)O. The first kappa shape index (κ1) is 13.2. The fourth-order valence-electron chi connectivity index (χ4n) is 0.734. The zero-order chi connectivity index (χ0) is 11.1. The van der Waals surface area contributed by atoms with Crippen LogP contribution in [0.1, 0.15) is 6.42 Å². The summed E-state index contributed by atoms with van der Waals surface area (Å²) in [7, 11) is 0. The first-order valence-corrected chi connectivity index (χ1v) is 4.66. The number of amides is 1. The van der Waals surface area contributed by atoms with Crippen molar-refractivity contribution in [3.8, 4) is 0 Å². The lowest BCUT2D eigenvalue weighted by atomic mass is 10.2. The van der Waals surface area contributed by atoms with Crippen LogP contribution in [0.5, 0.6) is 0 Å². The van der Waals surface area contributed by atoms with Gasteiger partial charge in [0.25, 0.3) is 0 Å². The second-order valence-corrected chi connectivity index (χ2v) is 3.15. The molecule has 0 aliphatic heterocycles. The molecule has 14 heavy (non-hydrogen) atoms. The summed E-state index contributed by atoms with van der Waals surface area (Å²) in [5, 5.41) is 19.2. The molecule has 2 atom stereocenters. The molecule has 0 saturated carbocycles. The topological polar surface area (TPSA) is 113 Å². The molecule has 0 bridgehead atoms. The fraction of sp³-hybridized carbons (Fsp3) is 0.714. The molecule has 6 nitrogen and oxygen atoms in total. The van der Waals surface area contributed by atoms with Crippen LogP contribution in [0.25, 0.3) is 0 Å². The van der Waals surface area contributed by atoms with Crippen LogP contribution in [0, 0.1) is 0 Å². The first-order valence-electron chi connectivity index (χ1n) is 4.03. The summed E-state index contributed by atoms with van der Waals surface area (Å²) < 4.78 is 0. The highest BCUT2D eigenvalue weighted by atomic mass is 32.1. The summed E-state index contributed by atoms with van der Waals surface area (Å²) >= 11 is 3.88. The average Bonchev–Trinajstić information content (AvgIpc) is 2.13. The van der Waals surface area contributed by atoms with Crippen molar-refractivity contribution < 1.29 is 19.8 Å². The highest BCUT2D eigenvalue weighted by molar-refractivity contribution is 7.80. The molecule has 0 rings (SSSR count). The van der Waals surface area contributed by atoms with Gasteiger partial charge in [0.1, 0.15) is 6.04 Å². The number of hydrogen-bond donors (Lipinski definition) is 5. The number of rotatable bonds is 6. The van der Waals surface area contributed by atoms with Gasteiger partial charge in [0.15, 0.2) is 0 Å². The van der Waals surface area contributed by atoms with Gasteiger partial charge in [-0.2, -0.15) is 12.6 Å². The molecule has 0 fully saturated rings. The van der Waals surface area contributed by atoms with E-state index in [-0.39, 0.29) is 0 Å². The lowest BCUT2D eigenvalue weighted by molar-refractivity contribution is -0.143. The lowest BCUT2D eigenvalue weighted by Gasteiger charge is -2.15. The highest BCUT2D eigenvalue weighted by Crippen LogP contribution is 1.92. The Hall–Kier alpha value is -0.790. The molecule has 0 heterocycles. The van der Waals surface area contributed by atoms with E-state index in [1.165, 1.54) is 0 Å². The standard InChI is InChI=1S/C7H14N2O4S/c8-4(1-2-14)6(11)9-5(3-10)7(12)13/h4-5,10,14H,1-3,8H2,(H,9,11)(H,12,13)/t4-,5-/m0/s1. The van der Waals surface area contributed by atoms with Gasteiger partial charge >= 0.3 is 5.97 Å².